The highest BCUT2D eigenvalue weighted by Gasteiger charge is 2.25. The quantitative estimate of drug-likeness (QED) is 0.766. The normalized spacial score (nSPS) is 14.2. The van der Waals surface area contributed by atoms with Gasteiger partial charge in [0.25, 0.3) is 0 Å². The van der Waals surface area contributed by atoms with Crippen LogP contribution in [0.2, 0.25) is 0 Å². The molecule has 1 atom stereocenters. The van der Waals surface area contributed by atoms with Gasteiger partial charge < -0.3 is 15.0 Å². The summed E-state index contributed by atoms with van der Waals surface area (Å²) in [5, 5.41) is 0. The predicted molar refractivity (Wildman–Crippen MR) is 72.9 cm³/mol. The van der Waals surface area contributed by atoms with Crippen LogP contribution in [0.3, 0.4) is 0 Å². The molecule has 18 heavy (non-hydrogen) atoms. The van der Waals surface area contributed by atoms with E-state index < -0.39 is 0 Å². The maximum absolute atomic E-state index is 5.92. The number of nitrogens with zero attached hydrogens (tertiary/aromatic N) is 1. The highest BCUT2D eigenvalue weighted by molar-refractivity contribution is 5.79. The van der Waals surface area contributed by atoms with Crippen molar-refractivity contribution >= 4 is 0 Å². The highest BCUT2D eigenvalue weighted by Crippen LogP contribution is 2.42. The minimum Gasteiger partial charge on any atom is -0.496 e. The van der Waals surface area contributed by atoms with Gasteiger partial charge in [-0.1, -0.05) is 12.1 Å². The molecule has 1 heterocycles. The minimum absolute atomic E-state index is 0.153. The summed E-state index contributed by atoms with van der Waals surface area (Å²) in [6, 6.07) is 8.60. The molecule has 0 saturated heterocycles. The Morgan fingerprint density at radius 2 is 2.17 bits per heavy atom. The zero-order chi connectivity index (χ0) is 12.7. The first-order valence-electron chi connectivity index (χ1n) is 6.30. The van der Waals surface area contributed by atoms with Gasteiger partial charge in [0, 0.05) is 30.8 Å². The number of benzene rings is 1. The molecule has 1 aromatic carbocycles. The molecule has 0 fully saturated rings. The third-order valence-electron chi connectivity index (χ3n) is 3.48. The molecule has 0 bridgehead atoms. The van der Waals surface area contributed by atoms with Crippen LogP contribution in [0.5, 0.6) is 5.75 Å². The second kappa shape index (κ2) is 4.18. The number of rotatable bonds is 3. The lowest BCUT2D eigenvalue weighted by Crippen LogP contribution is -2.22. The number of ether oxygens (including phenoxy) is 1. The molecule has 0 amide bonds. The van der Waals surface area contributed by atoms with Crippen LogP contribution >= 0.6 is 0 Å². The molecule has 3 nitrogen and oxygen atoms in total. The van der Waals surface area contributed by atoms with Crippen molar-refractivity contribution in [2.24, 2.45) is 5.73 Å². The van der Waals surface area contributed by atoms with Crippen LogP contribution < -0.4 is 10.5 Å². The van der Waals surface area contributed by atoms with Gasteiger partial charge in [-0.15, -0.1) is 0 Å². The molecule has 0 saturated carbocycles. The molecule has 0 aliphatic heterocycles. The minimum atomic E-state index is 0.153. The number of methoxy groups -OCH3 is 1. The van der Waals surface area contributed by atoms with Gasteiger partial charge in [0.2, 0.25) is 0 Å². The topological polar surface area (TPSA) is 40.2 Å². The number of hydrogen-bond donors (Lipinski definition) is 1. The maximum atomic E-state index is 5.92. The van der Waals surface area contributed by atoms with Crippen molar-refractivity contribution in [3.8, 4) is 17.0 Å². The molecule has 0 unspecified atom stereocenters. The smallest absolute Gasteiger partial charge is 0.128 e. The van der Waals surface area contributed by atoms with E-state index in [0.717, 1.165) is 18.7 Å². The lowest BCUT2D eigenvalue weighted by Gasteiger charge is -2.14. The number of hydrogen-bond acceptors (Lipinski definition) is 2. The Bertz CT molecular complexity index is 584. The van der Waals surface area contributed by atoms with Crippen LogP contribution in [0.1, 0.15) is 18.1 Å². The summed E-state index contributed by atoms with van der Waals surface area (Å²) in [5.74, 6) is 0.955. The summed E-state index contributed by atoms with van der Waals surface area (Å²) < 4.78 is 7.74. The molecule has 1 aliphatic carbocycles. The fourth-order valence-corrected chi connectivity index (χ4v) is 2.80. The summed E-state index contributed by atoms with van der Waals surface area (Å²) in [4.78, 5) is 0. The number of fused-ring (bicyclic) bond motifs is 3. The van der Waals surface area contributed by atoms with Crippen LogP contribution in [0.25, 0.3) is 11.3 Å². The fraction of sp³-hybridized carbons (Fsp3) is 0.333. The van der Waals surface area contributed by atoms with E-state index in [1.54, 1.807) is 7.11 Å². The van der Waals surface area contributed by atoms with E-state index in [0.29, 0.717) is 0 Å². The zero-order valence-corrected chi connectivity index (χ0v) is 10.8. The lowest BCUT2D eigenvalue weighted by molar-refractivity contribution is 0.416. The molecule has 1 aromatic heterocycles. The van der Waals surface area contributed by atoms with E-state index in [9.17, 15) is 0 Å². The van der Waals surface area contributed by atoms with Crippen molar-refractivity contribution in [1.82, 2.24) is 4.57 Å². The van der Waals surface area contributed by atoms with Crippen LogP contribution in [0, 0.1) is 0 Å². The van der Waals surface area contributed by atoms with Gasteiger partial charge in [-0.25, -0.2) is 0 Å². The Morgan fingerprint density at radius 1 is 1.33 bits per heavy atom. The van der Waals surface area contributed by atoms with Gasteiger partial charge in [0.15, 0.2) is 0 Å². The molecular formula is C15H18N2O. The van der Waals surface area contributed by atoms with Gasteiger partial charge in [-0.2, -0.15) is 0 Å². The van der Waals surface area contributed by atoms with Gasteiger partial charge in [-0.05, 0) is 30.2 Å². The number of nitrogens with two attached hydrogens (primary N) is 1. The molecule has 3 rings (SSSR count). The first kappa shape index (κ1) is 11.4. The van der Waals surface area contributed by atoms with Crippen LogP contribution in [0.15, 0.2) is 30.5 Å². The molecule has 3 heteroatoms. The van der Waals surface area contributed by atoms with E-state index in [4.69, 9.17) is 10.5 Å². The first-order valence-corrected chi connectivity index (χ1v) is 6.30. The Labute approximate surface area is 107 Å². The Balaban J connectivity index is 2.15. The summed E-state index contributed by atoms with van der Waals surface area (Å²) in [6.07, 6.45) is 3.12. The van der Waals surface area contributed by atoms with E-state index in [-0.39, 0.29) is 6.04 Å². The van der Waals surface area contributed by atoms with Gasteiger partial charge in [0.05, 0.1) is 12.8 Å². The molecule has 94 valence electrons. The van der Waals surface area contributed by atoms with E-state index in [2.05, 4.69) is 29.0 Å². The summed E-state index contributed by atoms with van der Waals surface area (Å²) in [6.45, 7) is 2.87. The van der Waals surface area contributed by atoms with E-state index in [1.165, 1.54) is 22.4 Å². The number of aromatic nitrogens is 1. The standard InChI is InChI=1S/C15H18N2O/c1-10(16)9-17-7-6-12-8-11-4-3-5-13(18-2)14(11)15(12)17/h3-7,10H,8-9,16H2,1-2H3/t10-/m1/s1. The van der Waals surface area contributed by atoms with Crippen LogP contribution in [-0.4, -0.2) is 17.7 Å². The van der Waals surface area contributed by atoms with Crippen molar-refractivity contribution < 1.29 is 4.74 Å². The lowest BCUT2D eigenvalue weighted by atomic mass is 10.1. The Hall–Kier alpha value is -1.74. The van der Waals surface area contributed by atoms with Crippen LogP contribution in [-0.2, 0) is 13.0 Å². The van der Waals surface area contributed by atoms with Crippen molar-refractivity contribution in [3.63, 3.8) is 0 Å². The monoisotopic (exact) mass is 242 g/mol. The van der Waals surface area contributed by atoms with Gasteiger partial charge in [-0.3, -0.25) is 0 Å². The Morgan fingerprint density at radius 3 is 2.89 bits per heavy atom. The van der Waals surface area contributed by atoms with Gasteiger partial charge >= 0.3 is 0 Å². The fourth-order valence-electron chi connectivity index (χ4n) is 2.80. The first-order chi connectivity index (χ1) is 8.70. The van der Waals surface area contributed by atoms with Crippen molar-refractivity contribution in [3.05, 3.63) is 41.6 Å². The van der Waals surface area contributed by atoms with E-state index >= 15 is 0 Å². The summed E-state index contributed by atoms with van der Waals surface area (Å²) in [5.41, 5.74) is 11.1. The second-order valence-electron chi connectivity index (χ2n) is 4.99. The Kier molecular flexibility index (Phi) is 2.63. The van der Waals surface area contributed by atoms with Crippen molar-refractivity contribution in [2.75, 3.05) is 7.11 Å². The summed E-state index contributed by atoms with van der Waals surface area (Å²) >= 11 is 0. The highest BCUT2D eigenvalue weighted by atomic mass is 16.5. The predicted octanol–water partition coefficient (Wildman–Crippen LogP) is 2.42. The maximum Gasteiger partial charge on any atom is 0.128 e. The average molecular weight is 242 g/mol. The van der Waals surface area contributed by atoms with E-state index in [1.807, 2.05) is 13.0 Å². The molecule has 0 radical (unpaired) electrons. The molecule has 2 aromatic rings. The molecule has 1 aliphatic rings. The SMILES string of the molecule is COc1cccc2c1-c1c(ccn1C[C@@H](C)N)C2. The largest absolute Gasteiger partial charge is 0.496 e. The van der Waals surface area contributed by atoms with Crippen molar-refractivity contribution in [2.45, 2.75) is 25.9 Å². The third-order valence-corrected chi connectivity index (χ3v) is 3.48. The molecule has 2 N–H and O–H groups in total. The average Bonchev–Trinajstić information content (AvgIpc) is 2.88. The molecule has 0 spiro atoms. The summed E-state index contributed by atoms with van der Waals surface area (Å²) in [7, 11) is 1.73. The zero-order valence-electron chi connectivity index (χ0n) is 10.8. The molecular weight excluding hydrogens is 224 g/mol. The second-order valence-corrected chi connectivity index (χ2v) is 4.99. The van der Waals surface area contributed by atoms with Crippen LogP contribution in [0.4, 0.5) is 0 Å². The third kappa shape index (κ3) is 1.63. The van der Waals surface area contributed by atoms with Crippen molar-refractivity contribution in [1.29, 1.82) is 0 Å². The van der Waals surface area contributed by atoms with Gasteiger partial charge in [0.1, 0.15) is 5.75 Å².